The molecule has 4 rings (SSSR count). The largest absolute Gasteiger partial charge is 0.496 e. The quantitative estimate of drug-likeness (QED) is 0.699. The average Bonchev–Trinajstić information content (AvgIpc) is 3.22. The van der Waals surface area contributed by atoms with Crippen LogP contribution >= 0.6 is 0 Å². The molecule has 1 aliphatic heterocycles. The fourth-order valence-corrected chi connectivity index (χ4v) is 4.01. The smallest absolute Gasteiger partial charge is 0.270 e. The second kappa shape index (κ2) is 8.18. The fourth-order valence-electron chi connectivity index (χ4n) is 4.01. The molecule has 1 aromatic heterocycles. The lowest BCUT2D eigenvalue weighted by Gasteiger charge is -2.36. The Bertz CT molecular complexity index is 1070. The van der Waals surface area contributed by atoms with Gasteiger partial charge in [0, 0.05) is 43.3 Å². The first-order valence-corrected chi connectivity index (χ1v) is 9.98. The SMILES string of the molecule is COc1cc(OC)c2cc(C(=O)N3CCN(c4cccc(C)c4)CC3)[nH]c2c1OC. The predicted molar refractivity (Wildman–Crippen MR) is 117 cm³/mol. The first kappa shape index (κ1) is 19.9. The molecule has 1 fully saturated rings. The number of benzene rings is 2. The van der Waals surface area contributed by atoms with E-state index >= 15 is 0 Å². The molecule has 2 aromatic carbocycles. The van der Waals surface area contributed by atoms with Crippen molar-refractivity contribution in [1.29, 1.82) is 0 Å². The molecule has 0 atom stereocenters. The summed E-state index contributed by atoms with van der Waals surface area (Å²) >= 11 is 0. The topological polar surface area (TPSA) is 67.0 Å². The first-order chi connectivity index (χ1) is 14.5. The Morgan fingerprint density at radius 3 is 2.30 bits per heavy atom. The highest BCUT2D eigenvalue weighted by molar-refractivity contribution is 6.02. The number of H-pyrrole nitrogens is 1. The first-order valence-electron chi connectivity index (χ1n) is 9.98. The molecule has 3 aromatic rings. The molecular weight excluding hydrogens is 382 g/mol. The van der Waals surface area contributed by atoms with Gasteiger partial charge in [0.05, 0.1) is 26.8 Å². The summed E-state index contributed by atoms with van der Waals surface area (Å²) in [6.45, 7) is 5.03. The lowest BCUT2D eigenvalue weighted by molar-refractivity contribution is 0.0742. The highest BCUT2D eigenvalue weighted by atomic mass is 16.5. The molecule has 0 saturated carbocycles. The summed E-state index contributed by atoms with van der Waals surface area (Å²) in [5, 5.41) is 0.789. The Balaban J connectivity index is 1.57. The fraction of sp³-hybridized carbons (Fsp3) is 0.348. The lowest BCUT2D eigenvalue weighted by atomic mass is 10.2. The van der Waals surface area contributed by atoms with Crippen LogP contribution in [0.2, 0.25) is 0 Å². The van der Waals surface area contributed by atoms with E-state index in [0.29, 0.717) is 41.5 Å². The Labute approximate surface area is 176 Å². The molecule has 0 unspecified atom stereocenters. The molecule has 0 radical (unpaired) electrons. The number of nitrogens with one attached hydrogen (secondary N) is 1. The van der Waals surface area contributed by atoms with Crippen LogP contribution in [0.15, 0.2) is 36.4 Å². The van der Waals surface area contributed by atoms with Gasteiger partial charge in [0.15, 0.2) is 11.5 Å². The number of aromatic nitrogens is 1. The number of carbonyl (C=O) groups is 1. The van der Waals surface area contributed by atoms with E-state index < -0.39 is 0 Å². The van der Waals surface area contributed by atoms with Gasteiger partial charge in [0.1, 0.15) is 11.4 Å². The van der Waals surface area contributed by atoms with Crippen LogP contribution < -0.4 is 19.1 Å². The summed E-state index contributed by atoms with van der Waals surface area (Å²) in [7, 11) is 4.75. The van der Waals surface area contributed by atoms with Crippen LogP contribution in [0.4, 0.5) is 5.69 Å². The van der Waals surface area contributed by atoms with Crippen molar-refractivity contribution in [2.24, 2.45) is 0 Å². The summed E-state index contributed by atoms with van der Waals surface area (Å²) in [4.78, 5) is 20.6. The van der Waals surface area contributed by atoms with Gasteiger partial charge in [-0.25, -0.2) is 0 Å². The summed E-state index contributed by atoms with van der Waals surface area (Å²) in [6.07, 6.45) is 0. The minimum atomic E-state index is -0.0295. The third-order valence-electron chi connectivity index (χ3n) is 5.60. The molecule has 7 heteroatoms. The molecule has 1 amide bonds. The molecule has 0 spiro atoms. The summed E-state index contributed by atoms with van der Waals surface area (Å²) in [6, 6.07) is 12.1. The van der Waals surface area contributed by atoms with Crippen LogP contribution in [-0.2, 0) is 0 Å². The van der Waals surface area contributed by atoms with Crippen LogP contribution in [0.25, 0.3) is 10.9 Å². The number of hydrogen-bond donors (Lipinski definition) is 1. The number of amides is 1. The molecule has 0 bridgehead atoms. The van der Waals surface area contributed by atoms with Crippen LogP contribution in [0, 0.1) is 6.92 Å². The van der Waals surface area contributed by atoms with Crippen molar-refractivity contribution in [3.63, 3.8) is 0 Å². The molecule has 1 N–H and O–H groups in total. The van der Waals surface area contributed by atoms with Crippen molar-refractivity contribution in [2.75, 3.05) is 52.4 Å². The van der Waals surface area contributed by atoms with Crippen LogP contribution in [0.3, 0.4) is 0 Å². The zero-order chi connectivity index (χ0) is 21.3. The third kappa shape index (κ3) is 3.51. The van der Waals surface area contributed by atoms with Gasteiger partial charge in [0.25, 0.3) is 5.91 Å². The van der Waals surface area contributed by atoms with E-state index in [2.05, 4.69) is 41.1 Å². The minimum Gasteiger partial charge on any atom is -0.496 e. The zero-order valence-electron chi connectivity index (χ0n) is 17.8. The number of rotatable bonds is 5. The van der Waals surface area contributed by atoms with Crippen molar-refractivity contribution in [3.8, 4) is 17.2 Å². The van der Waals surface area contributed by atoms with Crippen LogP contribution in [0.1, 0.15) is 16.1 Å². The number of aryl methyl sites for hydroxylation is 1. The number of anilines is 1. The molecule has 30 heavy (non-hydrogen) atoms. The lowest BCUT2D eigenvalue weighted by Crippen LogP contribution is -2.48. The number of ether oxygens (including phenoxy) is 3. The molecule has 1 saturated heterocycles. The average molecular weight is 409 g/mol. The standard InChI is InChI=1S/C23H27N3O4/c1-15-6-5-7-16(12-15)25-8-10-26(11-9-25)23(27)18-13-17-19(28-2)14-20(29-3)22(30-4)21(17)24-18/h5-7,12-14,24H,8-11H2,1-4H3. The minimum absolute atomic E-state index is 0.0295. The van der Waals surface area contributed by atoms with Crippen LogP contribution in [0.5, 0.6) is 17.2 Å². The van der Waals surface area contributed by atoms with Gasteiger partial charge in [-0.05, 0) is 30.7 Å². The second-order valence-electron chi connectivity index (χ2n) is 7.40. The van der Waals surface area contributed by atoms with Gasteiger partial charge >= 0.3 is 0 Å². The number of fused-ring (bicyclic) bond motifs is 1. The van der Waals surface area contributed by atoms with E-state index in [1.54, 1.807) is 27.4 Å². The summed E-state index contributed by atoms with van der Waals surface area (Å²) in [5.41, 5.74) is 3.64. The van der Waals surface area contributed by atoms with E-state index in [9.17, 15) is 4.79 Å². The molecular formula is C23H27N3O4. The Kier molecular flexibility index (Phi) is 5.44. The molecule has 2 heterocycles. The van der Waals surface area contributed by atoms with Gasteiger partial charge in [-0.2, -0.15) is 0 Å². The van der Waals surface area contributed by atoms with Gasteiger partial charge in [-0.3, -0.25) is 4.79 Å². The highest BCUT2D eigenvalue weighted by Gasteiger charge is 2.25. The molecule has 0 aliphatic carbocycles. The maximum Gasteiger partial charge on any atom is 0.270 e. The van der Waals surface area contributed by atoms with Gasteiger partial charge < -0.3 is 29.0 Å². The number of aromatic amines is 1. The van der Waals surface area contributed by atoms with Gasteiger partial charge in [-0.1, -0.05) is 12.1 Å². The molecule has 1 aliphatic rings. The van der Waals surface area contributed by atoms with Gasteiger partial charge in [-0.15, -0.1) is 0 Å². The molecule has 7 nitrogen and oxygen atoms in total. The van der Waals surface area contributed by atoms with E-state index in [0.717, 1.165) is 18.5 Å². The van der Waals surface area contributed by atoms with Crippen molar-refractivity contribution in [2.45, 2.75) is 6.92 Å². The van der Waals surface area contributed by atoms with E-state index in [-0.39, 0.29) is 5.91 Å². The van der Waals surface area contributed by atoms with Crippen molar-refractivity contribution >= 4 is 22.5 Å². The third-order valence-corrected chi connectivity index (χ3v) is 5.60. The number of piperazine rings is 1. The monoisotopic (exact) mass is 409 g/mol. The number of nitrogens with zero attached hydrogens (tertiary/aromatic N) is 2. The van der Waals surface area contributed by atoms with E-state index in [1.165, 1.54) is 11.3 Å². The zero-order valence-corrected chi connectivity index (χ0v) is 17.8. The predicted octanol–water partition coefficient (Wildman–Crippen LogP) is 3.46. The van der Waals surface area contributed by atoms with E-state index in [4.69, 9.17) is 14.2 Å². The summed E-state index contributed by atoms with van der Waals surface area (Å²) < 4.78 is 16.4. The van der Waals surface area contributed by atoms with Crippen LogP contribution in [-0.4, -0.2) is 63.3 Å². The van der Waals surface area contributed by atoms with Crippen molar-refractivity contribution in [1.82, 2.24) is 9.88 Å². The molecule has 158 valence electrons. The number of carbonyl (C=O) groups excluding carboxylic acids is 1. The highest BCUT2D eigenvalue weighted by Crippen LogP contribution is 2.41. The number of methoxy groups -OCH3 is 3. The maximum absolute atomic E-state index is 13.2. The van der Waals surface area contributed by atoms with Gasteiger partial charge in [0.2, 0.25) is 0 Å². The van der Waals surface area contributed by atoms with Crippen molar-refractivity contribution in [3.05, 3.63) is 47.7 Å². The Hall–Kier alpha value is -3.35. The van der Waals surface area contributed by atoms with Crippen molar-refractivity contribution < 1.29 is 19.0 Å². The Morgan fingerprint density at radius 1 is 0.933 bits per heavy atom. The number of hydrogen-bond acceptors (Lipinski definition) is 5. The normalized spacial score (nSPS) is 14.1. The summed E-state index contributed by atoms with van der Waals surface area (Å²) in [5.74, 6) is 1.70. The Morgan fingerprint density at radius 2 is 1.67 bits per heavy atom. The van der Waals surface area contributed by atoms with E-state index in [1.807, 2.05) is 11.0 Å². The maximum atomic E-state index is 13.2. The second-order valence-corrected chi connectivity index (χ2v) is 7.40.